The van der Waals surface area contributed by atoms with E-state index in [2.05, 4.69) is 5.32 Å². The molecule has 2 heterocycles. The number of halogens is 1. The average Bonchev–Trinajstić information content (AvgIpc) is 3.34. The van der Waals surface area contributed by atoms with Gasteiger partial charge >= 0.3 is 5.97 Å². The van der Waals surface area contributed by atoms with Crippen molar-refractivity contribution in [2.45, 2.75) is 6.92 Å². The number of rotatable bonds is 6. The van der Waals surface area contributed by atoms with Gasteiger partial charge in [0.25, 0.3) is 11.1 Å². The van der Waals surface area contributed by atoms with Crippen LogP contribution in [0.1, 0.15) is 21.7 Å². The number of hydrogen-bond donors (Lipinski definition) is 2. The summed E-state index contributed by atoms with van der Waals surface area (Å²) in [5, 5.41) is 11.4. The average molecular weight is 497 g/mol. The highest BCUT2D eigenvalue weighted by Gasteiger charge is 2.36. The number of carboxylic acid groups (broad SMARTS) is 1. The molecule has 1 aromatic heterocycles. The molecule has 1 aliphatic heterocycles. The predicted octanol–water partition coefficient (Wildman–Crippen LogP) is 5.28. The summed E-state index contributed by atoms with van der Waals surface area (Å²) in [6.45, 7) is 1.47. The number of amides is 3. The van der Waals surface area contributed by atoms with Crippen molar-refractivity contribution >= 4 is 58.1 Å². The fourth-order valence-electron chi connectivity index (χ4n) is 3.26. The number of anilines is 1. The smallest absolute Gasteiger partial charge is 0.337 e. The molecule has 0 spiro atoms. The maximum atomic E-state index is 12.7. The monoisotopic (exact) mass is 496 g/mol. The van der Waals surface area contributed by atoms with Crippen molar-refractivity contribution in [3.05, 3.63) is 81.4 Å². The highest BCUT2D eigenvalue weighted by molar-refractivity contribution is 8.18. The number of carbonyl (C=O) groups excluding carboxylic acids is 3. The van der Waals surface area contributed by atoms with Crippen molar-refractivity contribution in [2.75, 3.05) is 11.9 Å². The Morgan fingerprint density at radius 2 is 1.94 bits per heavy atom. The summed E-state index contributed by atoms with van der Waals surface area (Å²) < 4.78 is 5.71. The summed E-state index contributed by atoms with van der Waals surface area (Å²) in [5.41, 5.74) is 1.95. The molecule has 3 amide bonds. The summed E-state index contributed by atoms with van der Waals surface area (Å²) in [7, 11) is 0. The van der Waals surface area contributed by atoms with Crippen LogP contribution in [0.3, 0.4) is 0 Å². The fraction of sp³-hybridized carbons (Fsp3) is 0.0833. The number of carboxylic acids is 1. The molecule has 1 saturated heterocycles. The van der Waals surface area contributed by atoms with E-state index in [0.717, 1.165) is 10.5 Å². The number of imide groups is 1. The zero-order chi connectivity index (χ0) is 24.4. The number of carbonyl (C=O) groups is 4. The van der Waals surface area contributed by atoms with Crippen LogP contribution in [0.15, 0.2) is 63.9 Å². The molecular formula is C24H17ClN2O6S. The van der Waals surface area contributed by atoms with Crippen LogP contribution in [-0.4, -0.2) is 39.6 Å². The van der Waals surface area contributed by atoms with Crippen LogP contribution in [0.25, 0.3) is 17.4 Å². The quantitative estimate of drug-likeness (QED) is 0.446. The van der Waals surface area contributed by atoms with Crippen molar-refractivity contribution in [3.63, 3.8) is 0 Å². The Balaban J connectivity index is 1.47. The third-order valence-electron chi connectivity index (χ3n) is 4.86. The zero-order valence-corrected chi connectivity index (χ0v) is 19.3. The van der Waals surface area contributed by atoms with Crippen LogP contribution in [-0.2, 0) is 9.59 Å². The highest BCUT2D eigenvalue weighted by atomic mass is 35.5. The second-order valence-electron chi connectivity index (χ2n) is 7.39. The van der Waals surface area contributed by atoms with E-state index in [-0.39, 0.29) is 21.3 Å². The first-order chi connectivity index (χ1) is 16.2. The first-order valence-electron chi connectivity index (χ1n) is 9.96. The standard InChI is InChI=1S/C24H17ClN2O6S/c1-13-3-2-4-15(9-13)26-21(28)12-27-22(29)20(34-24(27)32)11-16-6-8-19(33-16)14-5-7-18(25)17(10-14)23(30)31/h2-11H,12H2,1H3,(H,26,28)(H,30,31)/b20-11+. The molecular weight excluding hydrogens is 480 g/mol. The van der Waals surface area contributed by atoms with E-state index in [9.17, 15) is 24.3 Å². The first-order valence-corrected chi connectivity index (χ1v) is 11.2. The lowest BCUT2D eigenvalue weighted by atomic mass is 10.1. The van der Waals surface area contributed by atoms with Crippen LogP contribution in [0.2, 0.25) is 5.02 Å². The minimum atomic E-state index is -1.17. The van der Waals surface area contributed by atoms with Gasteiger partial charge in [0, 0.05) is 17.3 Å². The maximum absolute atomic E-state index is 12.7. The number of furan rings is 1. The van der Waals surface area contributed by atoms with Crippen molar-refractivity contribution in [2.24, 2.45) is 0 Å². The third-order valence-corrected chi connectivity index (χ3v) is 6.10. The molecule has 0 atom stereocenters. The van der Waals surface area contributed by atoms with E-state index in [1.54, 1.807) is 36.4 Å². The number of benzene rings is 2. The molecule has 0 bridgehead atoms. The van der Waals surface area contributed by atoms with E-state index in [0.29, 0.717) is 28.8 Å². The van der Waals surface area contributed by atoms with Gasteiger partial charge in [0.05, 0.1) is 15.5 Å². The number of aryl methyl sites for hydroxylation is 1. The molecule has 0 radical (unpaired) electrons. The summed E-state index contributed by atoms with van der Waals surface area (Å²) in [6.07, 6.45) is 1.40. The minimum absolute atomic E-state index is 0.0674. The second-order valence-corrected chi connectivity index (χ2v) is 8.79. The van der Waals surface area contributed by atoms with E-state index in [4.69, 9.17) is 16.0 Å². The number of aromatic carboxylic acids is 1. The lowest BCUT2D eigenvalue weighted by molar-refractivity contribution is -0.127. The van der Waals surface area contributed by atoms with E-state index in [1.165, 1.54) is 18.2 Å². The molecule has 34 heavy (non-hydrogen) atoms. The van der Waals surface area contributed by atoms with E-state index >= 15 is 0 Å². The van der Waals surface area contributed by atoms with Crippen molar-refractivity contribution < 1.29 is 28.7 Å². The topological polar surface area (TPSA) is 117 Å². The van der Waals surface area contributed by atoms with Crippen LogP contribution in [0.4, 0.5) is 10.5 Å². The summed E-state index contributed by atoms with van der Waals surface area (Å²) in [4.78, 5) is 49.7. The molecule has 3 aromatic rings. The number of nitrogens with zero attached hydrogens (tertiary/aromatic N) is 1. The Morgan fingerprint density at radius 1 is 1.15 bits per heavy atom. The van der Waals surface area contributed by atoms with Crippen LogP contribution >= 0.6 is 23.4 Å². The molecule has 0 saturated carbocycles. The van der Waals surface area contributed by atoms with Crippen molar-refractivity contribution in [1.82, 2.24) is 4.90 Å². The molecule has 172 valence electrons. The Bertz CT molecular complexity index is 1360. The van der Waals surface area contributed by atoms with Gasteiger partial charge in [-0.25, -0.2) is 4.79 Å². The van der Waals surface area contributed by atoms with Gasteiger partial charge in [0.1, 0.15) is 18.1 Å². The van der Waals surface area contributed by atoms with Gasteiger partial charge in [-0.15, -0.1) is 0 Å². The van der Waals surface area contributed by atoms with Crippen molar-refractivity contribution in [1.29, 1.82) is 0 Å². The van der Waals surface area contributed by atoms with Crippen molar-refractivity contribution in [3.8, 4) is 11.3 Å². The number of thioether (sulfide) groups is 1. The highest BCUT2D eigenvalue weighted by Crippen LogP contribution is 2.34. The Kier molecular flexibility index (Phi) is 6.58. The van der Waals surface area contributed by atoms with Gasteiger partial charge in [-0.3, -0.25) is 19.3 Å². The second kappa shape index (κ2) is 9.58. The normalized spacial score (nSPS) is 14.6. The molecule has 1 fully saturated rings. The lowest BCUT2D eigenvalue weighted by Crippen LogP contribution is -2.36. The largest absolute Gasteiger partial charge is 0.478 e. The van der Waals surface area contributed by atoms with Gasteiger partial charge in [-0.2, -0.15) is 0 Å². The Labute approximate surface area is 203 Å². The first kappa shape index (κ1) is 23.3. The Morgan fingerprint density at radius 3 is 2.68 bits per heavy atom. The predicted molar refractivity (Wildman–Crippen MR) is 129 cm³/mol. The molecule has 0 aliphatic carbocycles. The minimum Gasteiger partial charge on any atom is -0.478 e. The number of hydrogen-bond acceptors (Lipinski definition) is 6. The van der Waals surface area contributed by atoms with Crippen LogP contribution in [0.5, 0.6) is 0 Å². The maximum Gasteiger partial charge on any atom is 0.337 e. The van der Waals surface area contributed by atoms with Gasteiger partial charge in [0.15, 0.2) is 0 Å². The van der Waals surface area contributed by atoms with Gasteiger partial charge in [-0.1, -0.05) is 23.7 Å². The van der Waals surface area contributed by atoms with Gasteiger partial charge in [0.2, 0.25) is 5.91 Å². The molecule has 2 N–H and O–H groups in total. The zero-order valence-electron chi connectivity index (χ0n) is 17.7. The molecule has 10 heteroatoms. The molecule has 8 nitrogen and oxygen atoms in total. The summed E-state index contributed by atoms with van der Waals surface area (Å²) in [6, 6.07) is 14.8. The van der Waals surface area contributed by atoms with Gasteiger partial charge in [-0.05, 0) is 66.7 Å². The van der Waals surface area contributed by atoms with Gasteiger partial charge < -0.3 is 14.8 Å². The molecule has 0 unspecified atom stereocenters. The Hall–Kier alpha value is -3.82. The fourth-order valence-corrected chi connectivity index (χ4v) is 4.28. The lowest BCUT2D eigenvalue weighted by Gasteiger charge is -2.12. The van der Waals surface area contributed by atoms with Crippen LogP contribution in [0, 0.1) is 6.92 Å². The summed E-state index contributed by atoms with van der Waals surface area (Å²) >= 11 is 6.61. The SMILES string of the molecule is Cc1cccc(NC(=O)CN2C(=O)S/C(=C/c3ccc(-c4ccc(Cl)c(C(=O)O)c4)o3)C2=O)c1. The van der Waals surface area contributed by atoms with E-state index in [1.807, 2.05) is 13.0 Å². The molecule has 4 rings (SSSR count). The summed E-state index contributed by atoms with van der Waals surface area (Å²) in [5.74, 6) is -1.61. The number of nitrogens with one attached hydrogen (secondary N) is 1. The molecule has 1 aliphatic rings. The molecule has 2 aromatic carbocycles. The van der Waals surface area contributed by atoms with Crippen LogP contribution < -0.4 is 5.32 Å². The third kappa shape index (κ3) is 5.05. The van der Waals surface area contributed by atoms with E-state index < -0.39 is 29.6 Å².